The topological polar surface area (TPSA) is 126 Å². The molecule has 1 aliphatic rings. The molecule has 0 spiro atoms. The number of rotatable bonds is 7. The first-order valence-electron chi connectivity index (χ1n) is 11.1. The zero-order chi connectivity index (χ0) is 26.6. The van der Waals surface area contributed by atoms with E-state index in [0.717, 1.165) is 16.4 Å². The van der Waals surface area contributed by atoms with Crippen LogP contribution in [0, 0.1) is 0 Å². The van der Waals surface area contributed by atoms with E-state index in [1.807, 2.05) is 53.6 Å². The molecule has 2 N–H and O–H groups in total. The van der Waals surface area contributed by atoms with Crippen molar-refractivity contribution in [2.45, 2.75) is 0 Å². The number of carbonyl (C=O) groups is 2. The Morgan fingerprint density at radius 2 is 1.49 bits per heavy atom. The van der Waals surface area contributed by atoms with E-state index in [9.17, 15) is 23.9 Å². The molecule has 2 amide bonds. The number of aromatic nitrogens is 2. The van der Waals surface area contributed by atoms with Gasteiger partial charge >= 0.3 is 7.82 Å². The van der Waals surface area contributed by atoms with Gasteiger partial charge in [-0.05, 0) is 12.1 Å². The van der Waals surface area contributed by atoms with Crippen LogP contribution in [0.3, 0.4) is 0 Å². The van der Waals surface area contributed by atoms with E-state index >= 15 is 0 Å². The predicted octanol–water partition coefficient (Wildman–Crippen LogP) is 2.92. The molecule has 12 heteroatoms. The first kappa shape index (κ1) is 24.7. The molecule has 190 valence electrons. The van der Waals surface area contributed by atoms with Crippen molar-refractivity contribution in [3.8, 4) is 0 Å². The minimum Gasteiger partial charge on any atom is -0.350 e. The van der Waals surface area contributed by atoms with Crippen LogP contribution < -0.4 is 0 Å². The minimum atomic E-state index is -4.94. The molecule has 0 bridgehead atoms. The van der Waals surface area contributed by atoms with Gasteiger partial charge in [0.2, 0.25) is 0 Å². The lowest BCUT2D eigenvalue weighted by Crippen LogP contribution is -2.33. The second kappa shape index (κ2) is 8.82. The van der Waals surface area contributed by atoms with E-state index in [1.54, 1.807) is 24.5 Å². The number of phosphoric ester groups is 1. The van der Waals surface area contributed by atoms with Crippen LogP contribution in [0.1, 0.15) is 11.1 Å². The summed E-state index contributed by atoms with van der Waals surface area (Å²) in [4.78, 5) is 51.6. The molecule has 1 aliphatic heterocycles. The molecule has 0 saturated heterocycles. The van der Waals surface area contributed by atoms with Crippen molar-refractivity contribution < 1.29 is 38.0 Å². The van der Waals surface area contributed by atoms with E-state index < -0.39 is 26.4 Å². The summed E-state index contributed by atoms with van der Waals surface area (Å²) < 4.78 is 20.9. The van der Waals surface area contributed by atoms with Crippen LogP contribution in [0.15, 0.2) is 54.9 Å². The lowest BCUT2D eigenvalue weighted by molar-refractivity contribution is -0.714. The van der Waals surface area contributed by atoms with E-state index in [-0.39, 0.29) is 11.1 Å². The number of fused-ring (bicyclic) bond motifs is 2. The third-order valence-electron chi connectivity index (χ3n) is 6.44. The molecule has 4 aromatic rings. The van der Waals surface area contributed by atoms with Gasteiger partial charge in [-0.25, -0.2) is 9.46 Å². The summed E-state index contributed by atoms with van der Waals surface area (Å²) in [5.41, 5.74) is 3.56. The largest absolute Gasteiger partial charge is 0.471 e. The van der Waals surface area contributed by atoms with Crippen molar-refractivity contribution >= 4 is 65.0 Å². The molecule has 11 nitrogen and oxygen atoms in total. The number of hydrogen-bond donors (Lipinski definition) is 2. The van der Waals surface area contributed by atoms with Crippen LogP contribution in [0.5, 0.6) is 0 Å². The van der Waals surface area contributed by atoms with Crippen LogP contribution in [0.4, 0.5) is 5.69 Å². The summed E-state index contributed by atoms with van der Waals surface area (Å²) in [5.74, 6) is -1.42. The molecule has 0 atom stereocenters. The maximum absolute atomic E-state index is 13.7. The zero-order valence-corrected chi connectivity index (χ0v) is 21.2. The van der Waals surface area contributed by atoms with E-state index in [0.29, 0.717) is 27.1 Å². The summed E-state index contributed by atoms with van der Waals surface area (Å²) in [5, 5.41) is 1.45. The second-order valence-electron chi connectivity index (χ2n) is 8.62. The fourth-order valence-electron chi connectivity index (χ4n) is 4.70. The number of hydrogen-bond acceptors (Lipinski definition) is 5. The Labute approximate surface area is 211 Å². The summed E-state index contributed by atoms with van der Waals surface area (Å²) in [6.07, 6.45) is 3.51. The van der Waals surface area contributed by atoms with Crippen LogP contribution >= 0.6 is 7.82 Å². The summed E-state index contributed by atoms with van der Waals surface area (Å²) in [7, 11) is 0.198. The summed E-state index contributed by atoms with van der Waals surface area (Å²) in [6, 6.07) is 12.9. The van der Waals surface area contributed by atoms with Crippen molar-refractivity contribution in [3.63, 3.8) is 0 Å². The first-order valence-corrected chi connectivity index (χ1v) is 12.6. The fraction of sp³-hybridized carbons (Fsp3) is 0.160. The third kappa shape index (κ3) is 4.08. The minimum absolute atomic E-state index is 0.118. The van der Waals surface area contributed by atoms with Gasteiger partial charge in [0.25, 0.3) is 17.5 Å². The van der Waals surface area contributed by atoms with Crippen LogP contribution in [-0.2, 0) is 37.6 Å². The highest BCUT2D eigenvalue weighted by Gasteiger charge is 2.42. The van der Waals surface area contributed by atoms with Crippen molar-refractivity contribution in [1.29, 1.82) is 0 Å². The highest BCUT2D eigenvalue weighted by Crippen LogP contribution is 2.43. The quantitative estimate of drug-likeness (QED) is 0.125. The number of carbonyl (C=O) groups excluding carboxylic acids is 2. The lowest BCUT2D eigenvalue weighted by Gasteiger charge is -2.15. The number of para-hydroxylation sites is 1. The van der Waals surface area contributed by atoms with Crippen molar-refractivity contribution in [2.24, 2.45) is 14.1 Å². The molecule has 5 rings (SSSR count). The molecule has 3 heterocycles. The summed E-state index contributed by atoms with van der Waals surface area (Å²) in [6.45, 7) is 2.92. The van der Waals surface area contributed by atoms with Gasteiger partial charge in [0.15, 0.2) is 6.72 Å². The SMILES string of the molecule is C=[N+](OC)c1ccc2c(C3=C(c4cn(C)c5ccccc45)C(=O)N(COP(=O)(O)O)C3=O)cn(C)c2c1. The highest BCUT2D eigenvalue weighted by molar-refractivity contribution is 7.46. The van der Waals surface area contributed by atoms with E-state index in [1.165, 1.54) is 11.8 Å². The molecule has 0 fully saturated rings. The Morgan fingerprint density at radius 1 is 0.919 bits per heavy atom. The average Bonchev–Trinajstić information content (AvgIpc) is 3.45. The van der Waals surface area contributed by atoms with Gasteiger partial charge in [-0.15, -0.1) is 0 Å². The van der Waals surface area contributed by atoms with Crippen molar-refractivity contribution in [3.05, 3.63) is 66.0 Å². The standard InChI is InChI=1S/C25H23N4O7P/c1-26-12-18(16-7-5-6-8-20(16)26)22-23(25(31)29(24(22)30)14-36-37(32,33)34)19-13-27(2)21-11-15(28(3)35-4)9-10-17(19)21/h5-13H,3,14H2,1-2,4H3,(H-,32,33,34)/p+1. The molecule has 0 aliphatic carbocycles. The smallest absolute Gasteiger partial charge is 0.350 e. The maximum atomic E-state index is 13.7. The molecular formula is C25H24N4O7P+. The van der Waals surface area contributed by atoms with E-state index in [4.69, 9.17) is 4.84 Å². The lowest BCUT2D eigenvalue weighted by atomic mass is 9.95. The number of amides is 2. The number of imide groups is 1. The maximum Gasteiger partial charge on any atom is 0.471 e. The average molecular weight is 523 g/mol. The van der Waals surface area contributed by atoms with Crippen molar-refractivity contribution in [1.82, 2.24) is 14.0 Å². The van der Waals surface area contributed by atoms with Gasteiger partial charge in [-0.3, -0.25) is 19.0 Å². The Bertz CT molecular complexity index is 1710. The molecule has 0 saturated carbocycles. The number of phosphoric acid groups is 1. The second-order valence-corrected chi connectivity index (χ2v) is 9.86. The van der Waals surface area contributed by atoms with Crippen LogP contribution in [0.25, 0.3) is 33.0 Å². The molecule has 0 unspecified atom stereocenters. The molecule has 0 radical (unpaired) electrons. The third-order valence-corrected chi connectivity index (χ3v) is 6.89. The number of aryl methyl sites for hydroxylation is 2. The van der Waals surface area contributed by atoms with Crippen molar-refractivity contribution in [2.75, 3.05) is 13.8 Å². The Kier molecular flexibility index (Phi) is 5.88. The Morgan fingerprint density at radius 3 is 2.08 bits per heavy atom. The Hall–Kier alpha value is -4.02. The predicted molar refractivity (Wildman–Crippen MR) is 137 cm³/mol. The molecule has 2 aromatic heterocycles. The van der Waals surface area contributed by atoms with Gasteiger partial charge in [-0.2, -0.15) is 0 Å². The zero-order valence-electron chi connectivity index (χ0n) is 20.3. The summed E-state index contributed by atoms with van der Waals surface area (Å²) >= 11 is 0. The van der Waals surface area contributed by atoms with Crippen LogP contribution in [-0.4, -0.2) is 60.9 Å². The fourth-order valence-corrected chi connectivity index (χ4v) is 4.96. The molecular weight excluding hydrogens is 499 g/mol. The monoisotopic (exact) mass is 523 g/mol. The normalized spacial score (nSPS) is 14.5. The molecule has 37 heavy (non-hydrogen) atoms. The number of benzene rings is 2. The highest BCUT2D eigenvalue weighted by atomic mass is 31.2. The van der Waals surface area contributed by atoms with Gasteiger partial charge in [0.1, 0.15) is 13.8 Å². The van der Waals surface area contributed by atoms with Gasteiger partial charge in [0, 0.05) is 70.8 Å². The molecule has 2 aromatic carbocycles. The Balaban J connectivity index is 1.76. The number of nitrogens with zero attached hydrogens (tertiary/aromatic N) is 4. The van der Waals surface area contributed by atoms with Crippen LogP contribution in [0.2, 0.25) is 0 Å². The van der Waals surface area contributed by atoms with Gasteiger partial charge in [0.05, 0.1) is 16.7 Å². The first-order chi connectivity index (χ1) is 17.5. The van der Waals surface area contributed by atoms with Gasteiger partial charge in [-0.1, -0.05) is 18.2 Å². The van der Waals surface area contributed by atoms with E-state index in [2.05, 4.69) is 11.2 Å². The van der Waals surface area contributed by atoms with Gasteiger partial charge < -0.3 is 18.9 Å².